The van der Waals surface area contributed by atoms with E-state index in [-0.39, 0.29) is 17.9 Å². The minimum Gasteiger partial charge on any atom is -0.326 e. The van der Waals surface area contributed by atoms with Crippen molar-refractivity contribution in [3.63, 3.8) is 0 Å². The molecule has 5 nitrogen and oxygen atoms in total. The standard InChI is InChI=1S/C24H20ClN3O2/c1-15-13-19(28-16(2)26-22-6-4-3-5-20(22)24(28)30)11-12-21(15)27-23(29)14-17-7-9-18(25)10-8-17/h3-13H,14H2,1-2H3,(H,27,29). The summed E-state index contributed by atoms with van der Waals surface area (Å²) in [5.41, 5.74) is 3.73. The zero-order chi connectivity index (χ0) is 21.3. The number of para-hydroxylation sites is 1. The van der Waals surface area contributed by atoms with Gasteiger partial charge in [-0.15, -0.1) is 0 Å². The number of hydrogen-bond acceptors (Lipinski definition) is 3. The minimum atomic E-state index is -0.117. The van der Waals surface area contributed by atoms with Crippen molar-refractivity contribution < 1.29 is 4.79 Å². The largest absolute Gasteiger partial charge is 0.326 e. The van der Waals surface area contributed by atoms with Crippen LogP contribution in [0.5, 0.6) is 0 Å². The van der Waals surface area contributed by atoms with Crippen LogP contribution in [0.4, 0.5) is 5.69 Å². The number of nitrogens with one attached hydrogen (secondary N) is 1. The van der Waals surface area contributed by atoms with E-state index >= 15 is 0 Å². The Morgan fingerprint density at radius 1 is 1.03 bits per heavy atom. The number of amides is 1. The van der Waals surface area contributed by atoms with Crippen molar-refractivity contribution in [3.8, 4) is 5.69 Å². The first-order valence-electron chi connectivity index (χ1n) is 9.56. The van der Waals surface area contributed by atoms with Crippen LogP contribution in [0.3, 0.4) is 0 Å². The van der Waals surface area contributed by atoms with Crippen LogP contribution in [-0.2, 0) is 11.2 Å². The maximum absolute atomic E-state index is 13.0. The summed E-state index contributed by atoms with van der Waals surface area (Å²) >= 11 is 5.89. The van der Waals surface area contributed by atoms with E-state index in [1.54, 1.807) is 22.8 Å². The van der Waals surface area contributed by atoms with Gasteiger partial charge in [0, 0.05) is 10.7 Å². The van der Waals surface area contributed by atoms with Crippen LogP contribution >= 0.6 is 11.6 Å². The highest BCUT2D eigenvalue weighted by atomic mass is 35.5. The van der Waals surface area contributed by atoms with Gasteiger partial charge in [-0.05, 0) is 67.4 Å². The lowest BCUT2D eigenvalue weighted by Crippen LogP contribution is -2.22. The molecule has 150 valence electrons. The molecular formula is C24H20ClN3O2. The Labute approximate surface area is 179 Å². The topological polar surface area (TPSA) is 64.0 Å². The highest BCUT2D eigenvalue weighted by molar-refractivity contribution is 6.30. The number of halogens is 1. The number of aryl methyl sites for hydroxylation is 2. The smallest absolute Gasteiger partial charge is 0.265 e. The van der Waals surface area contributed by atoms with Gasteiger partial charge in [0.25, 0.3) is 5.56 Å². The van der Waals surface area contributed by atoms with Crippen molar-refractivity contribution in [2.45, 2.75) is 20.3 Å². The Balaban J connectivity index is 1.61. The summed E-state index contributed by atoms with van der Waals surface area (Å²) < 4.78 is 1.59. The number of aromatic nitrogens is 2. The molecule has 1 aromatic heterocycles. The quantitative estimate of drug-likeness (QED) is 0.517. The molecule has 0 aliphatic heterocycles. The van der Waals surface area contributed by atoms with Gasteiger partial charge in [-0.2, -0.15) is 0 Å². The number of carbonyl (C=O) groups excluding carboxylic acids is 1. The summed E-state index contributed by atoms with van der Waals surface area (Å²) in [6.45, 7) is 3.71. The van der Waals surface area contributed by atoms with Gasteiger partial charge in [-0.1, -0.05) is 35.9 Å². The molecule has 1 amide bonds. The van der Waals surface area contributed by atoms with Gasteiger partial charge in [0.1, 0.15) is 5.82 Å². The van der Waals surface area contributed by atoms with Gasteiger partial charge in [0.05, 0.1) is 23.0 Å². The fraction of sp³-hybridized carbons (Fsp3) is 0.125. The highest BCUT2D eigenvalue weighted by Crippen LogP contribution is 2.20. The number of anilines is 1. The number of fused-ring (bicyclic) bond motifs is 1. The van der Waals surface area contributed by atoms with Gasteiger partial charge in [0.15, 0.2) is 0 Å². The Morgan fingerprint density at radius 3 is 2.50 bits per heavy atom. The van der Waals surface area contributed by atoms with E-state index in [1.165, 1.54) is 0 Å². The van der Waals surface area contributed by atoms with Gasteiger partial charge in [-0.3, -0.25) is 14.2 Å². The molecular weight excluding hydrogens is 398 g/mol. The first-order chi connectivity index (χ1) is 14.4. The summed E-state index contributed by atoms with van der Waals surface area (Å²) in [7, 11) is 0. The van der Waals surface area contributed by atoms with Gasteiger partial charge < -0.3 is 5.32 Å². The zero-order valence-corrected chi connectivity index (χ0v) is 17.4. The Hall–Kier alpha value is -3.44. The first-order valence-corrected chi connectivity index (χ1v) is 9.94. The molecule has 0 radical (unpaired) electrons. The predicted molar refractivity (Wildman–Crippen MR) is 121 cm³/mol. The Morgan fingerprint density at radius 2 is 1.77 bits per heavy atom. The van der Waals surface area contributed by atoms with Crippen molar-refractivity contribution in [1.29, 1.82) is 0 Å². The molecule has 3 aromatic carbocycles. The zero-order valence-electron chi connectivity index (χ0n) is 16.6. The second-order valence-corrected chi connectivity index (χ2v) is 7.60. The summed E-state index contributed by atoms with van der Waals surface area (Å²) in [4.78, 5) is 30.0. The highest BCUT2D eigenvalue weighted by Gasteiger charge is 2.12. The molecule has 30 heavy (non-hydrogen) atoms. The normalized spacial score (nSPS) is 10.9. The van der Waals surface area contributed by atoms with E-state index in [4.69, 9.17) is 11.6 Å². The van der Waals surface area contributed by atoms with E-state index in [0.717, 1.165) is 11.1 Å². The number of benzene rings is 3. The lowest BCUT2D eigenvalue weighted by molar-refractivity contribution is -0.115. The van der Waals surface area contributed by atoms with Gasteiger partial charge in [-0.25, -0.2) is 4.98 Å². The predicted octanol–water partition coefficient (Wildman–Crippen LogP) is 4.84. The molecule has 4 aromatic rings. The Kier molecular flexibility index (Phi) is 5.38. The fourth-order valence-corrected chi connectivity index (χ4v) is 3.58. The molecule has 6 heteroatoms. The van der Waals surface area contributed by atoms with Crippen LogP contribution < -0.4 is 10.9 Å². The first kappa shape index (κ1) is 19.9. The molecule has 1 N–H and O–H groups in total. The van der Waals surface area contributed by atoms with Crippen molar-refractivity contribution in [3.05, 3.63) is 99.1 Å². The molecule has 0 unspecified atom stereocenters. The van der Waals surface area contributed by atoms with Crippen molar-refractivity contribution >= 4 is 34.1 Å². The van der Waals surface area contributed by atoms with Crippen LogP contribution in [0.25, 0.3) is 16.6 Å². The van der Waals surface area contributed by atoms with Crippen LogP contribution in [0.1, 0.15) is 17.0 Å². The molecule has 0 spiro atoms. The van der Waals surface area contributed by atoms with Gasteiger partial charge in [0.2, 0.25) is 5.91 Å². The minimum absolute atomic E-state index is 0.114. The van der Waals surface area contributed by atoms with Crippen LogP contribution in [0, 0.1) is 13.8 Å². The van der Waals surface area contributed by atoms with E-state index in [9.17, 15) is 9.59 Å². The van der Waals surface area contributed by atoms with E-state index in [0.29, 0.717) is 33.1 Å². The lowest BCUT2D eigenvalue weighted by Gasteiger charge is -2.14. The number of nitrogens with zero attached hydrogens (tertiary/aromatic N) is 2. The van der Waals surface area contributed by atoms with Crippen LogP contribution in [-0.4, -0.2) is 15.5 Å². The molecule has 0 bridgehead atoms. The third-order valence-corrected chi connectivity index (χ3v) is 5.22. The number of hydrogen-bond donors (Lipinski definition) is 1. The maximum atomic E-state index is 13.0. The number of rotatable bonds is 4. The molecule has 0 aliphatic rings. The van der Waals surface area contributed by atoms with E-state index in [2.05, 4.69) is 10.3 Å². The Bertz CT molecular complexity index is 1310. The molecule has 0 saturated heterocycles. The maximum Gasteiger partial charge on any atom is 0.265 e. The monoisotopic (exact) mass is 417 g/mol. The molecule has 0 atom stereocenters. The summed E-state index contributed by atoms with van der Waals surface area (Å²) in [6, 6.07) is 20.0. The van der Waals surface area contributed by atoms with Crippen molar-refractivity contribution in [2.24, 2.45) is 0 Å². The second kappa shape index (κ2) is 8.13. The third kappa shape index (κ3) is 3.98. The third-order valence-electron chi connectivity index (χ3n) is 4.96. The van der Waals surface area contributed by atoms with Crippen molar-refractivity contribution in [2.75, 3.05) is 5.32 Å². The average Bonchev–Trinajstić information content (AvgIpc) is 2.72. The molecule has 1 heterocycles. The second-order valence-electron chi connectivity index (χ2n) is 7.17. The van der Waals surface area contributed by atoms with E-state index in [1.807, 2.05) is 62.4 Å². The number of carbonyl (C=O) groups is 1. The average molecular weight is 418 g/mol. The summed E-state index contributed by atoms with van der Waals surface area (Å²) in [6.07, 6.45) is 0.255. The van der Waals surface area contributed by atoms with Crippen molar-refractivity contribution in [1.82, 2.24) is 9.55 Å². The lowest BCUT2D eigenvalue weighted by atomic mass is 10.1. The molecule has 0 fully saturated rings. The molecule has 4 rings (SSSR count). The van der Waals surface area contributed by atoms with Gasteiger partial charge >= 0.3 is 0 Å². The SMILES string of the molecule is Cc1cc(-n2c(C)nc3ccccc3c2=O)ccc1NC(=O)Cc1ccc(Cl)cc1. The van der Waals surface area contributed by atoms with Crippen LogP contribution in [0.2, 0.25) is 5.02 Å². The van der Waals surface area contributed by atoms with E-state index < -0.39 is 0 Å². The summed E-state index contributed by atoms with van der Waals surface area (Å²) in [5.74, 6) is 0.492. The summed E-state index contributed by atoms with van der Waals surface area (Å²) in [5, 5.41) is 4.14. The fourth-order valence-electron chi connectivity index (χ4n) is 3.46. The molecule has 0 aliphatic carbocycles. The van der Waals surface area contributed by atoms with Crippen LogP contribution in [0.15, 0.2) is 71.5 Å². The molecule has 0 saturated carbocycles.